The zero-order valence-corrected chi connectivity index (χ0v) is 9.13. The van der Waals surface area contributed by atoms with Crippen LogP contribution in [0.2, 0.25) is 0 Å². The zero-order chi connectivity index (χ0) is 11.4. The second-order valence-electron chi connectivity index (χ2n) is 3.76. The molecule has 1 aromatic heterocycles. The third-order valence-corrected chi connectivity index (χ3v) is 2.44. The summed E-state index contributed by atoms with van der Waals surface area (Å²) in [5.74, 6) is -0.152. The number of halogens is 1. The van der Waals surface area contributed by atoms with E-state index in [2.05, 4.69) is 15.3 Å². The second-order valence-corrected chi connectivity index (χ2v) is 3.76. The fourth-order valence-corrected chi connectivity index (χ4v) is 1.47. The Labute approximate surface area is 93.7 Å². The first-order chi connectivity index (χ1) is 7.75. The van der Waals surface area contributed by atoms with Crippen molar-refractivity contribution < 1.29 is 4.39 Å². The first-order valence-corrected chi connectivity index (χ1v) is 5.18. The summed E-state index contributed by atoms with van der Waals surface area (Å²) in [5.41, 5.74) is 2.65. The van der Waals surface area contributed by atoms with Crippen LogP contribution in [0.3, 0.4) is 0 Å². The number of hydrogen-bond donors (Lipinski definition) is 2. The highest BCUT2D eigenvalue weighted by molar-refractivity contribution is 5.23. The Morgan fingerprint density at radius 2 is 2.25 bits per heavy atom. The number of rotatable bonds is 4. The van der Waals surface area contributed by atoms with Gasteiger partial charge in [-0.25, -0.2) is 9.37 Å². The van der Waals surface area contributed by atoms with Gasteiger partial charge < -0.3 is 10.3 Å². The Morgan fingerprint density at radius 1 is 1.38 bits per heavy atom. The van der Waals surface area contributed by atoms with Crippen LogP contribution in [0.5, 0.6) is 0 Å². The molecular formula is C12H14FN3. The molecule has 0 unspecified atom stereocenters. The van der Waals surface area contributed by atoms with Gasteiger partial charge in [0.1, 0.15) is 5.82 Å². The van der Waals surface area contributed by atoms with Crippen LogP contribution in [-0.2, 0) is 13.1 Å². The van der Waals surface area contributed by atoms with E-state index in [4.69, 9.17) is 0 Å². The maximum absolute atomic E-state index is 13.2. The molecule has 2 aromatic rings. The van der Waals surface area contributed by atoms with E-state index in [1.807, 2.05) is 6.07 Å². The molecule has 84 valence electrons. The lowest BCUT2D eigenvalue weighted by molar-refractivity contribution is 0.611. The van der Waals surface area contributed by atoms with E-state index in [9.17, 15) is 4.39 Å². The minimum Gasteiger partial charge on any atom is -0.347 e. The molecule has 0 radical (unpaired) electrons. The van der Waals surface area contributed by atoms with Crippen LogP contribution in [0.25, 0.3) is 0 Å². The molecule has 0 saturated heterocycles. The highest BCUT2D eigenvalue weighted by Gasteiger charge is 1.99. The fourth-order valence-electron chi connectivity index (χ4n) is 1.47. The summed E-state index contributed by atoms with van der Waals surface area (Å²) >= 11 is 0. The van der Waals surface area contributed by atoms with E-state index in [1.54, 1.807) is 31.6 Å². The normalized spacial score (nSPS) is 10.6. The van der Waals surface area contributed by atoms with Crippen molar-refractivity contribution in [2.24, 2.45) is 0 Å². The summed E-state index contributed by atoms with van der Waals surface area (Å²) in [6.07, 6.45) is 3.41. The van der Waals surface area contributed by atoms with E-state index in [0.29, 0.717) is 18.7 Å². The molecule has 0 spiro atoms. The van der Waals surface area contributed by atoms with E-state index < -0.39 is 0 Å². The highest BCUT2D eigenvalue weighted by Crippen LogP contribution is 2.08. The molecule has 0 aliphatic carbocycles. The van der Waals surface area contributed by atoms with Gasteiger partial charge in [0, 0.05) is 25.0 Å². The smallest absolute Gasteiger partial charge is 0.126 e. The predicted molar refractivity (Wildman–Crippen MR) is 60.3 cm³/mol. The van der Waals surface area contributed by atoms with Crippen LogP contribution in [0, 0.1) is 12.7 Å². The van der Waals surface area contributed by atoms with Crippen molar-refractivity contribution in [3.8, 4) is 0 Å². The Hall–Kier alpha value is -1.68. The standard InChI is InChI=1S/C12H14FN3/c1-9-2-3-10(4-12(9)13)5-14-6-11-7-15-8-16-11/h2-4,7-8,14H,5-6H2,1H3,(H,15,16). The van der Waals surface area contributed by atoms with Gasteiger partial charge in [-0.05, 0) is 24.1 Å². The molecule has 0 bridgehead atoms. The van der Waals surface area contributed by atoms with Crippen molar-refractivity contribution in [1.82, 2.24) is 15.3 Å². The molecule has 2 N–H and O–H groups in total. The molecule has 1 heterocycles. The number of nitrogens with zero attached hydrogens (tertiary/aromatic N) is 1. The van der Waals surface area contributed by atoms with E-state index in [-0.39, 0.29) is 5.82 Å². The molecule has 0 saturated carbocycles. The number of aromatic amines is 1. The monoisotopic (exact) mass is 219 g/mol. The summed E-state index contributed by atoms with van der Waals surface area (Å²) in [5, 5.41) is 3.21. The highest BCUT2D eigenvalue weighted by atomic mass is 19.1. The van der Waals surface area contributed by atoms with Crippen molar-refractivity contribution in [3.05, 3.63) is 53.4 Å². The minimum absolute atomic E-state index is 0.152. The molecule has 0 atom stereocenters. The van der Waals surface area contributed by atoms with Crippen molar-refractivity contribution in [2.75, 3.05) is 0 Å². The molecule has 16 heavy (non-hydrogen) atoms. The van der Waals surface area contributed by atoms with Crippen LogP contribution in [0.4, 0.5) is 4.39 Å². The molecule has 0 aliphatic heterocycles. The number of hydrogen-bond acceptors (Lipinski definition) is 2. The fraction of sp³-hybridized carbons (Fsp3) is 0.250. The van der Waals surface area contributed by atoms with Gasteiger partial charge >= 0.3 is 0 Å². The zero-order valence-electron chi connectivity index (χ0n) is 9.13. The van der Waals surface area contributed by atoms with Gasteiger partial charge in [0.05, 0.1) is 6.33 Å². The Morgan fingerprint density at radius 3 is 2.94 bits per heavy atom. The average Bonchev–Trinajstić information content (AvgIpc) is 2.76. The van der Waals surface area contributed by atoms with Gasteiger partial charge in [0.15, 0.2) is 0 Å². The molecule has 3 nitrogen and oxygen atoms in total. The van der Waals surface area contributed by atoms with Crippen molar-refractivity contribution in [1.29, 1.82) is 0 Å². The Kier molecular flexibility index (Phi) is 3.31. The van der Waals surface area contributed by atoms with Crippen LogP contribution in [0.1, 0.15) is 16.8 Å². The minimum atomic E-state index is -0.152. The van der Waals surface area contributed by atoms with E-state index in [0.717, 1.165) is 11.3 Å². The van der Waals surface area contributed by atoms with Gasteiger partial charge in [-0.15, -0.1) is 0 Å². The van der Waals surface area contributed by atoms with Gasteiger partial charge in [-0.1, -0.05) is 12.1 Å². The van der Waals surface area contributed by atoms with Gasteiger partial charge in [0.2, 0.25) is 0 Å². The van der Waals surface area contributed by atoms with Crippen LogP contribution in [0.15, 0.2) is 30.7 Å². The van der Waals surface area contributed by atoms with Crippen LogP contribution < -0.4 is 5.32 Å². The Bertz CT molecular complexity index is 451. The number of H-pyrrole nitrogens is 1. The number of nitrogens with one attached hydrogen (secondary N) is 2. The molecule has 1 aromatic carbocycles. The largest absolute Gasteiger partial charge is 0.347 e. The predicted octanol–water partition coefficient (Wildman–Crippen LogP) is 2.15. The maximum Gasteiger partial charge on any atom is 0.126 e. The summed E-state index contributed by atoms with van der Waals surface area (Å²) in [7, 11) is 0. The van der Waals surface area contributed by atoms with Crippen molar-refractivity contribution in [2.45, 2.75) is 20.0 Å². The molecule has 2 rings (SSSR count). The average molecular weight is 219 g/mol. The third-order valence-electron chi connectivity index (χ3n) is 2.44. The quantitative estimate of drug-likeness (QED) is 0.827. The molecule has 4 heteroatoms. The second kappa shape index (κ2) is 4.90. The van der Waals surface area contributed by atoms with Gasteiger partial charge in [-0.3, -0.25) is 0 Å². The van der Waals surface area contributed by atoms with Crippen molar-refractivity contribution in [3.63, 3.8) is 0 Å². The van der Waals surface area contributed by atoms with Gasteiger partial charge in [-0.2, -0.15) is 0 Å². The summed E-state index contributed by atoms with van der Waals surface area (Å²) in [6.45, 7) is 3.11. The molecule has 0 aliphatic rings. The maximum atomic E-state index is 13.2. The molecule has 0 amide bonds. The van der Waals surface area contributed by atoms with Gasteiger partial charge in [0.25, 0.3) is 0 Å². The van der Waals surface area contributed by atoms with E-state index >= 15 is 0 Å². The number of imidazole rings is 1. The number of benzene rings is 1. The lowest BCUT2D eigenvalue weighted by Gasteiger charge is -2.04. The molecular weight excluding hydrogens is 205 g/mol. The van der Waals surface area contributed by atoms with E-state index in [1.165, 1.54) is 0 Å². The first kappa shape index (κ1) is 10.8. The number of aryl methyl sites for hydroxylation is 1. The Balaban J connectivity index is 1.87. The van der Waals surface area contributed by atoms with Crippen LogP contribution in [-0.4, -0.2) is 9.97 Å². The first-order valence-electron chi connectivity index (χ1n) is 5.18. The van der Waals surface area contributed by atoms with Crippen molar-refractivity contribution >= 4 is 0 Å². The summed E-state index contributed by atoms with van der Waals surface area (Å²) in [6, 6.07) is 5.29. The lowest BCUT2D eigenvalue weighted by atomic mass is 10.1. The topological polar surface area (TPSA) is 40.7 Å². The van der Waals surface area contributed by atoms with Crippen LogP contribution >= 0.6 is 0 Å². The SMILES string of the molecule is Cc1ccc(CNCc2cnc[nH]2)cc1F. The number of aromatic nitrogens is 2. The third kappa shape index (κ3) is 2.67. The molecule has 0 fully saturated rings. The summed E-state index contributed by atoms with van der Waals surface area (Å²) < 4.78 is 13.2. The lowest BCUT2D eigenvalue weighted by Crippen LogP contribution is -2.13. The summed E-state index contributed by atoms with van der Waals surface area (Å²) in [4.78, 5) is 6.91.